The average Bonchev–Trinajstić information content (AvgIpc) is 4.32. The van der Waals surface area contributed by atoms with Crippen molar-refractivity contribution in [1.82, 2.24) is 4.40 Å². The Kier molecular flexibility index (Phi) is 10.1. The van der Waals surface area contributed by atoms with Crippen LogP contribution in [0.15, 0.2) is 226 Å². The summed E-state index contributed by atoms with van der Waals surface area (Å²) in [5, 5.41) is 6.66. The number of benzene rings is 8. The molecule has 0 bridgehead atoms. The molecule has 0 radical (unpaired) electrons. The van der Waals surface area contributed by atoms with Gasteiger partial charge >= 0.3 is 0 Å². The van der Waals surface area contributed by atoms with Gasteiger partial charge in [-0.1, -0.05) is 175 Å². The van der Waals surface area contributed by atoms with Crippen molar-refractivity contribution >= 4 is 90.0 Å². The van der Waals surface area contributed by atoms with Crippen LogP contribution >= 0.6 is 0 Å². The maximum Gasteiger partial charge on any atom is 0.216 e. The molecule has 4 heterocycles. The minimum absolute atomic E-state index is 0.0161. The largest absolute Gasteiger partial charge is 0.439 e. The SMILES string of the molecule is CC(C)(C)c1ccc(N(C2=CC=C3C=c4c(oc5c4c4ccc(N(c6ccc(-c7ccccc7)cc6)c6ccc(C(C)(C)C)cc6)c6c7c8ccccc8oc7n5c46)=CC3C2)c2ccc(-c3ccccc3)cc2)cc1. The predicted octanol–water partition coefficient (Wildman–Crippen LogP) is 17.8. The Bertz CT molecular complexity index is 4350. The van der Waals surface area contributed by atoms with Crippen LogP contribution in [-0.4, -0.2) is 4.40 Å². The molecule has 5 nitrogen and oxygen atoms in total. The number of rotatable bonds is 8. The van der Waals surface area contributed by atoms with Crippen LogP contribution in [0, 0.1) is 5.92 Å². The molecule has 12 aromatic rings. The van der Waals surface area contributed by atoms with Crippen LogP contribution < -0.4 is 20.4 Å². The third kappa shape index (κ3) is 7.35. The van der Waals surface area contributed by atoms with Gasteiger partial charge in [0.2, 0.25) is 11.4 Å². The highest BCUT2D eigenvalue weighted by Gasteiger charge is 2.32. The summed E-state index contributed by atoms with van der Waals surface area (Å²) in [5.74, 6) is 0.118. The van der Waals surface area contributed by atoms with Crippen LogP contribution in [-0.2, 0) is 10.8 Å². The minimum Gasteiger partial charge on any atom is -0.439 e. The van der Waals surface area contributed by atoms with Crippen molar-refractivity contribution < 1.29 is 8.83 Å². The molecule has 1 atom stereocenters. The van der Waals surface area contributed by atoms with E-state index >= 15 is 0 Å². The molecule has 0 saturated heterocycles. The van der Waals surface area contributed by atoms with E-state index in [-0.39, 0.29) is 16.7 Å². The molecule has 0 saturated carbocycles. The number of aromatic nitrogens is 1. The molecule has 0 N–H and O–H groups in total. The summed E-state index contributed by atoms with van der Waals surface area (Å²) in [7, 11) is 0. The minimum atomic E-state index is 0.0161. The summed E-state index contributed by atoms with van der Waals surface area (Å²) in [6, 6.07) is 70.5. The van der Waals surface area contributed by atoms with Crippen molar-refractivity contribution in [3.8, 4) is 22.3 Å². The molecule has 8 aromatic carbocycles. The summed E-state index contributed by atoms with van der Waals surface area (Å²) in [6.45, 7) is 13.6. The van der Waals surface area contributed by atoms with Gasteiger partial charge in [-0.05, 0) is 141 Å². The first kappa shape index (κ1) is 44.9. The van der Waals surface area contributed by atoms with Crippen molar-refractivity contribution in [2.45, 2.75) is 58.8 Å². The zero-order valence-corrected chi connectivity index (χ0v) is 43.2. The topological polar surface area (TPSA) is 37.2 Å². The Morgan fingerprint density at radius 2 is 0.960 bits per heavy atom. The molecule has 75 heavy (non-hydrogen) atoms. The number of allylic oxidation sites excluding steroid dienone is 4. The monoisotopic (exact) mass is 971 g/mol. The third-order valence-corrected chi connectivity index (χ3v) is 15.8. The van der Waals surface area contributed by atoms with Crippen LogP contribution in [0.4, 0.5) is 28.4 Å². The highest BCUT2D eigenvalue weighted by atomic mass is 16.4. The van der Waals surface area contributed by atoms with Gasteiger partial charge in [-0.25, -0.2) is 4.40 Å². The molecule has 5 heteroatoms. The van der Waals surface area contributed by atoms with E-state index in [1.807, 2.05) is 0 Å². The van der Waals surface area contributed by atoms with E-state index in [1.54, 1.807) is 0 Å². The Morgan fingerprint density at radius 3 is 1.53 bits per heavy atom. The van der Waals surface area contributed by atoms with Crippen molar-refractivity contribution in [1.29, 1.82) is 0 Å². The van der Waals surface area contributed by atoms with E-state index in [0.29, 0.717) is 0 Å². The Hall–Kier alpha value is -8.80. The second kappa shape index (κ2) is 16.9. The Morgan fingerprint density at radius 1 is 0.453 bits per heavy atom. The number of nitrogens with zero attached hydrogens (tertiary/aromatic N) is 3. The quantitative estimate of drug-likeness (QED) is 0.152. The molecular formula is C70H57N3O2. The maximum absolute atomic E-state index is 7.21. The van der Waals surface area contributed by atoms with Crippen LogP contribution in [0.2, 0.25) is 0 Å². The van der Waals surface area contributed by atoms with Gasteiger partial charge in [0.1, 0.15) is 11.0 Å². The van der Waals surface area contributed by atoms with Gasteiger partial charge in [0.05, 0.1) is 22.0 Å². The lowest BCUT2D eigenvalue weighted by Gasteiger charge is -2.33. The van der Waals surface area contributed by atoms with Gasteiger partial charge in [-0.2, -0.15) is 0 Å². The number of hydrogen-bond acceptors (Lipinski definition) is 4. The molecule has 14 rings (SSSR count). The number of hydrogen-bond donors (Lipinski definition) is 0. The molecule has 364 valence electrons. The Labute approximate surface area is 437 Å². The van der Waals surface area contributed by atoms with Crippen LogP contribution in [0.1, 0.15) is 59.1 Å². The van der Waals surface area contributed by atoms with Crippen molar-refractivity contribution in [2.75, 3.05) is 9.80 Å². The summed E-state index contributed by atoms with van der Waals surface area (Å²) >= 11 is 0. The molecule has 1 unspecified atom stereocenters. The Balaban J connectivity index is 0.929. The fourth-order valence-corrected chi connectivity index (χ4v) is 11.9. The van der Waals surface area contributed by atoms with Gasteiger partial charge < -0.3 is 18.6 Å². The maximum atomic E-state index is 7.21. The highest BCUT2D eigenvalue weighted by molar-refractivity contribution is 6.31. The molecule has 0 amide bonds. The molecular weight excluding hydrogens is 915 g/mol. The first-order chi connectivity index (χ1) is 36.4. The van der Waals surface area contributed by atoms with Crippen LogP contribution in [0.5, 0.6) is 0 Å². The van der Waals surface area contributed by atoms with E-state index in [0.717, 1.165) is 94.9 Å². The first-order valence-electron chi connectivity index (χ1n) is 26.3. The number of furan rings is 2. The predicted molar refractivity (Wildman–Crippen MR) is 314 cm³/mol. The molecule has 4 aromatic heterocycles. The lowest BCUT2D eigenvalue weighted by atomic mass is 9.85. The number of para-hydroxylation sites is 1. The van der Waals surface area contributed by atoms with Crippen molar-refractivity contribution in [3.05, 3.63) is 239 Å². The van der Waals surface area contributed by atoms with E-state index in [1.165, 1.54) is 44.7 Å². The van der Waals surface area contributed by atoms with Crippen LogP contribution in [0.3, 0.4) is 0 Å². The zero-order chi connectivity index (χ0) is 50.7. The molecule has 2 aliphatic carbocycles. The number of anilines is 5. The smallest absolute Gasteiger partial charge is 0.216 e. The average molecular weight is 972 g/mol. The summed E-state index contributed by atoms with van der Waals surface area (Å²) in [5.41, 5.74) is 19.9. The standard InChI is InChI=1S/C70H57N3O2/c1-69(2,3)50-26-35-53(36-27-50)71(52-30-21-46(22-31-52)44-15-9-7-10-16-44)56-34-25-48-42-59-62(43-49(48)41-56)75-67-63(59)58-39-40-60(65-64-57-19-13-14-20-61(57)74-68(64)73(67)66(58)65)72(55-37-28-51(29-38-55)70(4,5)6)54-32-23-47(24-33-54)45-17-11-8-12-18-45/h7-40,42-43,49H,41H2,1-6H3. The van der Waals surface area contributed by atoms with Crippen molar-refractivity contribution in [2.24, 2.45) is 5.92 Å². The third-order valence-electron chi connectivity index (χ3n) is 15.8. The van der Waals surface area contributed by atoms with E-state index in [9.17, 15) is 0 Å². The van der Waals surface area contributed by atoms with Crippen LogP contribution in [0.25, 0.3) is 83.9 Å². The summed E-state index contributed by atoms with van der Waals surface area (Å²) < 4.78 is 16.4. The van der Waals surface area contributed by atoms with Crippen molar-refractivity contribution in [3.63, 3.8) is 0 Å². The first-order valence-corrected chi connectivity index (χ1v) is 26.3. The van der Waals surface area contributed by atoms with E-state index in [4.69, 9.17) is 8.83 Å². The fraction of sp³-hybridized carbons (Fsp3) is 0.143. The van der Waals surface area contributed by atoms with Gasteiger partial charge in [-0.15, -0.1) is 0 Å². The van der Waals surface area contributed by atoms with Gasteiger partial charge in [-0.3, -0.25) is 0 Å². The normalized spacial score (nSPS) is 14.7. The number of fused-ring (bicyclic) bond motifs is 11. The van der Waals surface area contributed by atoms with Gasteiger partial charge in [0.25, 0.3) is 0 Å². The molecule has 2 aliphatic rings. The second-order valence-corrected chi connectivity index (χ2v) is 22.6. The lowest BCUT2D eigenvalue weighted by molar-refractivity contribution is 0.549. The second-order valence-electron chi connectivity index (χ2n) is 22.6. The highest BCUT2D eigenvalue weighted by Crippen LogP contribution is 2.50. The zero-order valence-electron chi connectivity index (χ0n) is 43.2. The van der Waals surface area contributed by atoms with Gasteiger partial charge in [0.15, 0.2) is 0 Å². The fourth-order valence-electron chi connectivity index (χ4n) is 11.9. The van der Waals surface area contributed by atoms with E-state index < -0.39 is 0 Å². The lowest BCUT2D eigenvalue weighted by Crippen LogP contribution is -2.29. The molecule has 0 spiro atoms. The van der Waals surface area contributed by atoms with Gasteiger partial charge in [0, 0.05) is 55.7 Å². The van der Waals surface area contributed by atoms with E-state index in [2.05, 4.69) is 274 Å². The molecule has 0 fully saturated rings. The molecule has 0 aliphatic heterocycles. The summed E-state index contributed by atoms with van der Waals surface area (Å²) in [4.78, 5) is 4.85. The summed E-state index contributed by atoms with van der Waals surface area (Å²) in [6.07, 6.45) is 10.2.